The molecule has 1 saturated heterocycles. The highest BCUT2D eigenvalue weighted by atomic mass is 16.5. The minimum Gasteiger partial charge on any atom is -0.490 e. The predicted molar refractivity (Wildman–Crippen MR) is 86.4 cm³/mol. The molecule has 0 atom stereocenters. The zero-order valence-electron chi connectivity index (χ0n) is 13.4. The minimum atomic E-state index is 0.669. The molecule has 0 spiro atoms. The van der Waals surface area contributed by atoms with Gasteiger partial charge in [-0.25, -0.2) is 0 Å². The Bertz CT molecular complexity index is 417. The molecule has 0 amide bonds. The SMILES string of the molecule is CCOc1ccc(CCCN2CCNCC2)cc1OCC. The van der Waals surface area contributed by atoms with Crippen LogP contribution in [0.2, 0.25) is 0 Å². The molecule has 2 rings (SSSR count). The topological polar surface area (TPSA) is 33.7 Å². The standard InChI is InChI=1S/C17H28N2O2/c1-3-20-16-8-7-15(14-17(16)21-4-2)6-5-11-19-12-9-18-10-13-19/h7-8,14,18H,3-6,9-13H2,1-2H3. The van der Waals surface area contributed by atoms with Gasteiger partial charge in [0.25, 0.3) is 0 Å². The Morgan fingerprint density at radius 1 is 1.05 bits per heavy atom. The van der Waals surface area contributed by atoms with Crippen molar-refractivity contribution >= 4 is 0 Å². The number of hydrogen-bond donors (Lipinski definition) is 1. The lowest BCUT2D eigenvalue weighted by Gasteiger charge is -2.27. The molecule has 0 unspecified atom stereocenters. The summed E-state index contributed by atoms with van der Waals surface area (Å²) < 4.78 is 11.3. The lowest BCUT2D eigenvalue weighted by molar-refractivity contribution is 0.238. The summed E-state index contributed by atoms with van der Waals surface area (Å²) in [4.78, 5) is 2.54. The van der Waals surface area contributed by atoms with Crippen molar-refractivity contribution in [3.8, 4) is 11.5 Å². The Kier molecular flexibility index (Phi) is 6.83. The zero-order chi connectivity index (χ0) is 14.9. The van der Waals surface area contributed by atoms with E-state index in [1.807, 2.05) is 19.9 Å². The Labute approximate surface area is 128 Å². The number of aryl methyl sites for hydroxylation is 1. The van der Waals surface area contributed by atoms with E-state index in [4.69, 9.17) is 9.47 Å². The van der Waals surface area contributed by atoms with Crippen LogP contribution in [0.25, 0.3) is 0 Å². The second-order valence-electron chi connectivity index (χ2n) is 5.34. The fourth-order valence-electron chi connectivity index (χ4n) is 2.69. The maximum absolute atomic E-state index is 5.68. The fraction of sp³-hybridized carbons (Fsp3) is 0.647. The van der Waals surface area contributed by atoms with E-state index in [0.29, 0.717) is 13.2 Å². The third-order valence-corrected chi connectivity index (χ3v) is 3.76. The highest BCUT2D eigenvalue weighted by Gasteiger charge is 2.10. The fourth-order valence-corrected chi connectivity index (χ4v) is 2.69. The number of rotatable bonds is 8. The second kappa shape index (κ2) is 8.90. The van der Waals surface area contributed by atoms with E-state index >= 15 is 0 Å². The van der Waals surface area contributed by atoms with Gasteiger partial charge in [-0.1, -0.05) is 6.07 Å². The van der Waals surface area contributed by atoms with Crippen molar-refractivity contribution in [3.05, 3.63) is 23.8 Å². The molecule has 0 bridgehead atoms. The van der Waals surface area contributed by atoms with Gasteiger partial charge in [0.15, 0.2) is 11.5 Å². The van der Waals surface area contributed by atoms with Crippen LogP contribution < -0.4 is 14.8 Å². The highest BCUT2D eigenvalue weighted by Crippen LogP contribution is 2.29. The van der Waals surface area contributed by atoms with Crippen LogP contribution in [0, 0.1) is 0 Å². The molecular weight excluding hydrogens is 264 g/mol. The zero-order valence-corrected chi connectivity index (χ0v) is 13.4. The van der Waals surface area contributed by atoms with E-state index in [1.54, 1.807) is 0 Å². The van der Waals surface area contributed by atoms with Gasteiger partial charge in [-0.2, -0.15) is 0 Å². The van der Waals surface area contributed by atoms with Crippen LogP contribution in [0.15, 0.2) is 18.2 Å². The molecule has 1 aromatic carbocycles. The van der Waals surface area contributed by atoms with Crippen molar-refractivity contribution in [2.45, 2.75) is 26.7 Å². The summed E-state index contributed by atoms with van der Waals surface area (Å²) in [5, 5.41) is 3.39. The van der Waals surface area contributed by atoms with E-state index in [9.17, 15) is 0 Å². The summed E-state index contributed by atoms with van der Waals surface area (Å²) in [7, 11) is 0. The van der Waals surface area contributed by atoms with E-state index in [2.05, 4.69) is 22.3 Å². The summed E-state index contributed by atoms with van der Waals surface area (Å²) in [6.07, 6.45) is 2.29. The predicted octanol–water partition coefficient (Wildman–Crippen LogP) is 2.32. The van der Waals surface area contributed by atoms with Crippen LogP contribution in [0.1, 0.15) is 25.8 Å². The number of hydrogen-bond acceptors (Lipinski definition) is 4. The summed E-state index contributed by atoms with van der Waals surface area (Å²) in [5.74, 6) is 1.73. The van der Waals surface area contributed by atoms with Gasteiger partial charge < -0.3 is 19.7 Å². The van der Waals surface area contributed by atoms with Crippen molar-refractivity contribution < 1.29 is 9.47 Å². The molecule has 0 aromatic heterocycles. The molecule has 0 radical (unpaired) electrons. The van der Waals surface area contributed by atoms with Crippen LogP contribution in [-0.4, -0.2) is 50.8 Å². The molecule has 1 heterocycles. The lowest BCUT2D eigenvalue weighted by Crippen LogP contribution is -2.43. The monoisotopic (exact) mass is 292 g/mol. The molecular formula is C17H28N2O2. The first-order valence-electron chi connectivity index (χ1n) is 8.15. The maximum atomic E-state index is 5.68. The van der Waals surface area contributed by atoms with Gasteiger partial charge in [0.1, 0.15) is 0 Å². The van der Waals surface area contributed by atoms with Crippen molar-refractivity contribution in [2.75, 3.05) is 45.9 Å². The Morgan fingerprint density at radius 3 is 2.48 bits per heavy atom. The van der Waals surface area contributed by atoms with E-state index < -0.39 is 0 Å². The Morgan fingerprint density at radius 2 is 1.76 bits per heavy atom. The summed E-state index contributed by atoms with van der Waals surface area (Å²) in [5.41, 5.74) is 1.33. The van der Waals surface area contributed by atoms with Gasteiger partial charge in [0.2, 0.25) is 0 Å². The van der Waals surface area contributed by atoms with E-state index in [1.165, 1.54) is 31.6 Å². The average molecular weight is 292 g/mol. The first-order valence-corrected chi connectivity index (χ1v) is 8.15. The molecule has 0 aliphatic carbocycles. The smallest absolute Gasteiger partial charge is 0.161 e. The molecule has 118 valence electrons. The molecule has 1 aromatic rings. The van der Waals surface area contributed by atoms with Gasteiger partial charge in [-0.3, -0.25) is 0 Å². The van der Waals surface area contributed by atoms with Gasteiger partial charge in [-0.15, -0.1) is 0 Å². The van der Waals surface area contributed by atoms with Crippen LogP contribution in [0.5, 0.6) is 11.5 Å². The molecule has 4 heteroatoms. The number of ether oxygens (including phenoxy) is 2. The molecule has 1 aliphatic rings. The van der Waals surface area contributed by atoms with Gasteiger partial charge in [0, 0.05) is 26.2 Å². The Hall–Kier alpha value is -1.26. The third kappa shape index (κ3) is 5.21. The molecule has 1 fully saturated rings. The molecule has 1 aliphatic heterocycles. The van der Waals surface area contributed by atoms with Crippen molar-refractivity contribution in [2.24, 2.45) is 0 Å². The first-order chi connectivity index (χ1) is 10.3. The average Bonchev–Trinajstić information content (AvgIpc) is 2.51. The maximum Gasteiger partial charge on any atom is 0.161 e. The summed E-state index contributed by atoms with van der Waals surface area (Å²) >= 11 is 0. The van der Waals surface area contributed by atoms with Gasteiger partial charge in [-0.05, 0) is 50.9 Å². The lowest BCUT2D eigenvalue weighted by atomic mass is 10.1. The second-order valence-corrected chi connectivity index (χ2v) is 5.34. The number of piperazine rings is 1. The van der Waals surface area contributed by atoms with E-state index in [-0.39, 0.29) is 0 Å². The summed E-state index contributed by atoms with van der Waals surface area (Å²) in [6, 6.07) is 6.33. The normalized spacial score (nSPS) is 15.9. The van der Waals surface area contributed by atoms with Crippen molar-refractivity contribution in [1.82, 2.24) is 10.2 Å². The first kappa shape index (κ1) is 16.1. The van der Waals surface area contributed by atoms with Crippen LogP contribution in [0.4, 0.5) is 0 Å². The highest BCUT2D eigenvalue weighted by molar-refractivity contribution is 5.43. The van der Waals surface area contributed by atoms with Crippen LogP contribution >= 0.6 is 0 Å². The summed E-state index contributed by atoms with van der Waals surface area (Å²) in [6.45, 7) is 11.1. The number of nitrogens with one attached hydrogen (secondary N) is 1. The Balaban J connectivity index is 1.85. The van der Waals surface area contributed by atoms with E-state index in [0.717, 1.165) is 31.0 Å². The van der Waals surface area contributed by atoms with Crippen molar-refractivity contribution in [3.63, 3.8) is 0 Å². The number of nitrogens with zero attached hydrogens (tertiary/aromatic N) is 1. The third-order valence-electron chi connectivity index (χ3n) is 3.76. The molecule has 0 saturated carbocycles. The van der Waals surface area contributed by atoms with Gasteiger partial charge >= 0.3 is 0 Å². The molecule has 1 N–H and O–H groups in total. The van der Waals surface area contributed by atoms with Crippen LogP contribution in [0.3, 0.4) is 0 Å². The minimum absolute atomic E-state index is 0.669. The largest absolute Gasteiger partial charge is 0.490 e. The number of benzene rings is 1. The van der Waals surface area contributed by atoms with Crippen LogP contribution in [-0.2, 0) is 6.42 Å². The van der Waals surface area contributed by atoms with Gasteiger partial charge in [0.05, 0.1) is 13.2 Å². The quantitative estimate of drug-likeness (QED) is 0.797. The molecule has 21 heavy (non-hydrogen) atoms. The van der Waals surface area contributed by atoms with Crippen molar-refractivity contribution in [1.29, 1.82) is 0 Å². The molecule has 4 nitrogen and oxygen atoms in total.